The van der Waals surface area contributed by atoms with Crippen LogP contribution in [0.2, 0.25) is 0 Å². The van der Waals surface area contributed by atoms with E-state index in [0.717, 1.165) is 10.4 Å². The lowest BCUT2D eigenvalue weighted by Crippen LogP contribution is -2.74. The SMILES string of the molecule is C=C/C=C(\C=C)Sc1cccc([NH2+]O)c1C(=O)O. The molecule has 0 radical (unpaired) electrons. The monoisotopic (exact) mass is 264 g/mol. The van der Waals surface area contributed by atoms with Crippen LogP contribution in [-0.2, 0) is 0 Å². The van der Waals surface area contributed by atoms with Gasteiger partial charge in [-0.25, -0.2) is 10.0 Å². The van der Waals surface area contributed by atoms with E-state index in [1.54, 1.807) is 30.4 Å². The van der Waals surface area contributed by atoms with Crippen molar-refractivity contribution in [2.75, 3.05) is 0 Å². The van der Waals surface area contributed by atoms with Crippen LogP contribution in [0.4, 0.5) is 5.69 Å². The van der Waals surface area contributed by atoms with Gasteiger partial charge in [0.15, 0.2) is 5.69 Å². The minimum atomic E-state index is -1.08. The average Bonchev–Trinajstić information content (AvgIpc) is 2.37. The van der Waals surface area contributed by atoms with Gasteiger partial charge in [0.05, 0.1) is 0 Å². The molecule has 0 aliphatic heterocycles. The molecular formula is C13H14NO3S+. The van der Waals surface area contributed by atoms with Crippen molar-refractivity contribution in [1.82, 2.24) is 0 Å². The van der Waals surface area contributed by atoms with Gasteiger partial charge in [0.1, 0.15) is 5.56 Å². The molecule has 0 bridgehead atoms. The van der Waals surface area contributed by atoms with Crippen molar-refractivity contribution in [2.24, 2.45) is 0 Å². The number of nitrogens with two attached hydrogens (primary N) is 1. The Morgan fingerprint density at radius 3 is 2.61 bits per heavy atom. The summed E-state index contributed by atoms with van der Waals surface area (Å²) in [4.78, 5) is 12.5. The molecule has 4 N–H and O–H groups in total. The van der Waals surface area contributed by atoms with Gasteiger partial charge >= 0.3 is 5.97 Å². The number of carboxylic acids is 1. The van der Waals surface area contributed by atoms with Gasteiger partial charge in [0, 0.05) is 15.9 Å². The van der Waals surface area contributed by atoms with E-state index in [1.807, 2.05) is 0 Å². The third kappa shape index (κ3) is 3.33. The minimum Gasteiger partial charge on any atom is -0.477 e. The zero-order valence-electron chi connectivity index (χ0n) is 9.67. The third-order valence-corrected chi connectivity index (χ3v) is 3.22. The molecule has 1 aromatic rings. The standard InChI is InChI=1S/C13H13NO3S/c1-3-6-9(4-2)18-11-8-5-7-10(14-17)12(11)13(15)16/h3-8,14,17H,1-2H2,(H,15,16)/p+1/b9-6+. The highest BCUT2D eigenvalue weighted by molar-refractivity contribution is 8.03. The summed E-state index contributed by atoms with van der Waals surface area (Å²) in [6, 6.07) is 4.91. The smallest absolute Gasteiger partial charge is 0.343 e. The molecule has 0 saturated carbocycles. The lowest BCUT2D eigenvalue weighted by atomic mass is 10.2. The Morgan fingerprint density at radius 1 is 1.39 bits per heavy atom. The third-order valence-electron chi connectivity index (χ3n) is 2.12. The van der Waals surface area contributed by atoms with Crippen LogP contribution in [0.5, 0.6) is 0 Å². The highest BCUT2D eigenvalue weighted by Crippen LogP contribution is 2.32. The number of rotatable bonds is 6. The van der Waals surface area contributed by atoms with Crippen LogP contribution < -0.4 is 5.48 Å². The van der Waals surface area contributed by atoms with Crippen molar-refractivity contribution in [1.29, 1.82) is 0 Å². The van der Waals surface area contributed by atoms with Crippen LogP contribution in [0, 0.1) is 0 Å². The predicted molar refractivity (Wildman–Crippen MR) is 71.1 cm³/mol. The van der Waals surface area contributed by atoms with Crippen LogP contribution in [0.15, 0.2) is 59.4 Å². The van der Waals surface area contributed by atoms with E-state index >= 15 is 0 Å². The zero-order chi connectivity index (χ0) is 13.5. The fraction of sp³-hybridized carbons (Fsp3) is 0. The van der Waals surface area contributed by atoms with Crippen molar-refractivity contribution in [2.45, 2.75) is 4.90 Å². The number of carbonyl (C=O) groups is 1. The van der Waals surface area contributed by atoms with Gasteiger partial charge in [-0.2, -0.15) is 5.48 Å². The summed E-state index contributed by atoms with van der Waals surface area (Å²) in [6.45, 7) is 7.23. The van der Waals surface area contributed by atoms with Crippen LogP contribution in [0.25, 0.3) is 0 Å². The summed E-state index contributed by atoms with van der Waals surface area (Å²) in [5.41, 5.74) is 1.13. The van der Waals surface area contributed by atoms with Gasteiger partial charge in [-0.15, -0.1) is 0 Å². The lowest BCUT2D eigenvalue weighted by Gasteiger charge is -2.07. The number of aromatic carboxylic acids is 1. The normalized spacial score (nSPS) is 11.1. The maximum absolute atomic E-state index is 11.2. The summed E-state index contributed by atoms with van der Waals surface area (Å²) in [6.07, 6.45) is 4.96. The molecular weight excluding hydrogens is 250 g/mol. The van der Waals surface area contributed by atoms with Crippen LogP contribution in [0.1, 0.15) is 10.4 Å². The molecule has 0 fully saturated rings. The first-order chi connectivity index (χ1) is 8.63. The highest BCUT2D eigenvalue weighted by atomic mass is 32.2. The van der Waals surface area contributed by atoms with Gasteiger partial charge in [-0.3, -0.25) is 0 Å². The summed E-state index contributed by atoms with van der Waals surface area (Å²) >= 11 is 1.26. The molecule has 0 spiro atoms. The maximum Gasteiger partial charge on any atom is 0.343 e. The van der Waals surface area contributed by atoms with Gasteiger partial charge < -0.3 is 5.11 Å². The first kappa shape index (κ1) is 14.2. The molecule has 0 amide bonds. The second kappa shape index (κ2) is 6.80. The van der Waals surface area contributed by atoms with E-state index in [0.29, 0.717) is 4.90 Å². The Labute approximate surface area is 109 Å². The Morgan fingerprint density at radius 2 is 2.11 bits per heavy atom. The first-order valence-electron chi connectivity index (χ1n) is 5.10. The number of hydrogen-bond donors (Lipinski definition) is 3. The number of quaternary nitrogens is 1. The van der Waals surface area contributed by atoms with Gasteiger partial charge in [0.2, 0.25) is 0 Å². The molecule has 18 heavy (non-hydrogen) atoms. The second-order valence-corrected chi connectivity index (χ2v) is 4.38. The summed E-state index contributed by atoms with van der Waals surface area (Å²) < 4.78 is 0. The molecule has 1 rings (SSSR count). The van der Waals surface area contributed by atoms with Crippen LogP contribution >= 0.6 is 11.8 Å². The van der Waals surface area contributed by atoms with Crippen LogP contribution in [0.3, 0.4) is 0 Å². The van der Waals surface area contributed by atoms with Crippen LogP contribution in [-0.4, -0.2) is 16.3 Å². The van der Waals surface area contributed by atoms with E-state index in [9.17, 15) is 9.90 Å². The topological polar surface area (TPSA) is 74.1 Å². The minimum absolute atomic E-state index is 0.0711. The highest BCUT2D eigenvalue weighted by Gasteiger charge is 2.19. The number of allylic oxidation sites excluding steroid dienone is 3. The molecule has 0 aliphatic rings. The number of benzene rings is 1. The molecule has 5 heteroatoms. The van der Waals surface area contributed by atoms with E-state index in [1.165, 1.54) is 17.8 Å². The van der Waals surface area contributed by atoms with E-state index in [2.05, 4.69) is 13.2 Å². The molecule has 0 saturated heterocycles. The number of thioether (sulfide) groups is 1. The fourth-order valence-electron chi connectivity index (χ4n) is 1.36. The largest absolute Gasteiger partial charge is 0.477 e. The zero-order valence-corrected chi connectivity index (χ0v) is 10.5. The molecule has 0 aliphatic carbocycles. The number of carboxylic acid groups (broad SMARTS) is 1. The van der Waals surface area contributed by atoms with Gasteiger partial charge in [-0.05, 0) is 12.1 Å². The summed E-state index contributed by atoms with van der Waals surface area (Å²) in [5.74, 6) is -1.08. The van der Waals surface area contributed by atoms with Crippen molar-refractivity contribution < 1.29 is 20.6 Å². The molecule has 0 heterocycles. The Bertz CT molecular complexity index is 509. The quantitative estimate of drug-likeness (QED) is 0.319. The van der Waals surface area contributed by atoms with Crippen molar-refractivity contribution in [3.63, 3.8) is 0 Å². The average molecular weight is 264 g/mol. The van der Waals surface area contributed by atoms with Crippen molar-refractivity contribution in [3.8, 4) is 0 Å². The second-order valence-electron chi connectivity index (χ2n) is 3.27. The molecule has 0 aromatic heterocycles. The van der Waals surface area contributed by atoms with Gasteiger partial charge in [0.25, 0.3) is 0 Å². The molecule has 0 atom stereocenters. The predicted octanol–water partition coefficient (Wildman–Crippen LogP) is 2.32. The molecule has 94 valence electrons. The Hall–Kier alpha value is -1.82. The Balaban J connectivity index is 3.23. The summed E-state index contributed by atoms with van der Waals surface area (Å²) in [7, 11) is 0. The van der Waals surface area contributed by atoms with Crippen molar-refractivity contribution >= 4 is 23.4 Å². The van der Waals surface area contributed by atoms with E-state index in [-0.39, 0.29) is 11.3 Å². The first-order valence-corrected chi connectivity index (χ1v) is 5.92. The maximum atomic E-state index is 11.2. The Kier molecular flexibility index (Phi) is 5.38. The molecule has 4 nitrogen and oxygen atoms in total. The van der Waals surface area contributed by atoms with E-state index < -0.39 is 5.97 Å². The molecule has 1 aromatic carbocycles. The fourth-order valence-corrected chi connectivity index (χ4v) is 2.31. The molecule has 0 unspecified atom stereocenters. The number of hydrogen-bond acceptors (Lipinski definition) is 3. The lowest BCUT2D eigenvalue weighted by molar-refractivity contribution is -0.826. The summed E-state index contributed by atoms with van der Waals surface area (Å²) in [5, 5.41) is 18.2. The van der Waals surface area contributed by atoms with E-state index in [4.69, 9.17) is 5.21 Å². The van der Waals surface area contributed by atoms with Crippen molar-refractivity contribution in [3.05, 3.63) is 60.1 Å². The van der Waals surface area contributed by atoms with Gasteiger partial charge in [-0.1, -0.05) is 43.1 Å².